The molecule has 8 heteroatoms. The first-order valence-electron chi connectivity index (χ1n) is 8.57. The number of nitrogens with one attached hydrogen (secondary N) is 2. The highest BCUT2D eigenvalue weighted by Gasteiger charge is 2.22. The Bertz CT molecular complexity index is 715. The van der Waals surface area contributed by atoms with E-state index in [1.165, 1.54) is 12.1 Å². The van der Waals surface area contributed by atoms with E-state index in [1.807, 2.05) is 24.0 Å². The highest BCUT2D eigenvalue weighted by atomic mass is 127. The van der Waals surface area contributed by atoms with Crippen molar-refractivity contribution in [3.05, 3.63) is 46.7 Å². The molecule has 1 aromatic carbocycles. The number of halogens is 2. The number of hydrogen-bond donors (Lipinski definition) is 2. The summed E-state index contributed by atoms with van der Waals surface area (Å²) < 4.78 is 2.99. The third kappa shape index (κ3) is 5.60. The largest absolute Gasteiger partial charge is 0.371 e. The molecule has 0 saturated carbocycles. The van der Waals surface area contributed by atoms with Crippen molar-refractivity contribution in [2.75, 3.05) is 31.6 Å². The SMILES string of the molecule is CN=C(NCc1ccnn1C)NCC1CCN(c2ccc(Br)cc2)C1.I. The number of anilines is 1. The van der Waals surface area contributed by atoms with Gasteiger partial charge in [-0.15, -0.1) is 24.0 Å². The molecular weight excluding hydrogens is 507 g/mol. The number of guanidine groups is 1. The molecule has 1 atom stereocenters. The maximum atomic E-state index is 4.31. The van der Waals surface area contributed by atoms with E-state index in [1.54, 1.807) is 7.05 Å². The van der Waals surface area contributed by atoms with E-state index in [4.69, 9.17) is 0 Å². The van der Waals surface area contributed by atoms with Crippen LogP contribution in [0, 0.1) is 5.92 Å². The fourth-order valence-electron chi connectivity index (χ4n) is 3.10. The quantitative estimate of drug-likeness (QED) is 0.353. The van der Waals surface area contributed by atoms with Gasteiger partial charge in [0.05, 0.1) is 12.2 Å². The van der Waals surface area contributed by atoms with Crippen molar-refractivity contribution in [1.29, 1.82) is 0 Å². The van der Waals surface area contributed by atoms with Crippen molar-refractivity contribution in [2.45, 2.75) is 13.0 Å². The maximum absolute atomic E-state index is 4.31. The number of hydrogen-bond acceptors (Lipinski definition) is 3. The van der Waals surface area contributed by atoms with Gasteiger partial charge in [0.25, 0.3) is 0 Å². The summed E-state index contributed by atoms with van der Waals surface area (Å²) in [6.45, 7) is 3.83. The molecule has 1 aliphatic rings. The summed E-state index contributed by atoms with van der Waals surface area (Å²) in [5, 5.41) is 11.0. The van der Waals surface area contributed by atoms with E-state index >= 15 is 0 Å². The Balaban J connectivity index is 0.00000243. The van der Waals surface area contributed by atoms with Crippen LogP contribution in [0.3, 0.4) is 0 Å². The molecule has 0 radical (unpaired) electrons. The molecule has 1 fully saturated rings. The molecule has 26 heavy (non-hydrogen) atoms. The highest BCUT2D eigenvalue weighted by Crippen LogP contribution is 2.24. The Labute approximate surface area is 180 Å². The van der Waals surface area contributed by atoms with Crippen LogP contribution in [0.15, 0.2) is 46.0 Å². The van der Waals surface area contributed by atoms with Gasteiger partial charge in [-0.2, -0.15) is 5.10 Å². The predicted octanol–water partition coefficient (Wildman–Crippen LogP) is 2.99. The molecule has 2 heterocycles. The lowest BCUT2D eigenvalue weighted by Gasteiger charge is -2.19. The summed E-state index contributed by atoms with van der Waals surface area (Å²) in [5.74, 6) is 1.46. The zero-order valence-corrected chi connectivity index (χ0v) is 19.1. The van der Waals surface area contributed by atoms with Gasteiger partial charge in [0, 0.05) is 50.1 Å². The Morgan fingerprint density at radius 2 is 2.04 bits per heavy atom. The van der Waals surface area contributed by atoms with Crippen LogP contribution < -0.4 is 15.5 Å². The summed E-state index contributed by atoms with van der Waals surface area (Å²) in [6, 6.07) is 10.6. The third-order valence-corrected chi connectivity index (χ3v) is 5.15. The molecule has 0 bridgehead atoms. The van der Waals surface area contributed by atoms with Crippen LogP contribution in [-0.4, -0.2) is 42.4 Å². The molecule has 0 aliphatic carbocycles. The molecule has 1 unspecified atom stereocenters. The van der Waals surface area contributed by atoms with Crippen LogP contribution in [0.5, 0.6) is 0 Å². The number of benzene rings is 1. The Morgan fingerprint density at radius 3 is 2.69 bits per heavy atom. The van der Waals surface area contributed by atoms with Gasteiger partial charge in [-0.1, -0.05) is 15.9 Å². The van der Waals surface area contributed by atoms with Crippen molar-refractivity contribution in [3.63, 3.8) is 0 Å². The second-order valence-corrected chi connectivity index (χ2v) is 7.25. The lowest BCUT2D eigenvalue weighted by molar-refractivity contribution is 0.564. The lowest BCUT2D eigenvalue weighted by Crippen LogP contribution is -2.40. The van der Waals surface area contributed by atoms with Crippen LogP contribution in [0.2, 0.25) is 0 Å². The lowest BCUT2D eigenvalue weighted by atomic mass is 10.1. The van der Waals surface area contributed by atoms with E-state index in [-0.39, 0.29) is 24.0 Å². The molecule has 142 valence electrons. The topological polar surface area (TPSA) is 57.5 Å². The fourth-order valence-corrected chi connectivity index (χ4v) is 3.36. The molecule has 0 amide bonds. The van der Waals surface area contributed by atoms with Crippen molar-refractivity contribution in [2.24, 2.45) is 18.0 Å². The van der Waals surface area contributed by atoms with E-state index in [0.29, 0.717) is 12.5 Å². The van der Waals surface area contributed by atoms with E-state index in [2.05, 4.69) is 65.8 Å². The second-order valence-electron chi connectivity index (χ2n) is 6.33. The zero-order valence-electron chi connectivity index (χ0n) is 15.2. The van der Waals surface area contributed by atoms with Gasteiger partial charge in [-0.05, 0) is 42.7 Å². The van der Waals surface area contributed by atoms with Crippen molar-refractivity contribution in [3.8, 4) is 0 Å². The Hall–Kier alpha value is -1.29. The molecule has 0 spiro atoms. The summed E-state index contributed by atoms with van der Waals surface area (Å²) in [6.07, 6.45) is 3.00. The summed E-state index contributed by atoms with van der Waals surface area (Å²) in [5.41, 5.74) is 2.43. The average Bonchev–Trinajstić information content (AvgIpc) is 3.25. The summed E-state index contributed by atoms with van der Waals surface area (Å²) in [4.78, 5) is 6.76. The van der Waals surface area contributed by atoms with Gasteiger partial charge in [0.2, 0.25) is 0 Å². The molecule has 1 aliphatic heterocycles. The van der Waals surface area contributed by atoms with Crippen LogP contribution in [-0.2, 0) is 13.6 Å². The first-order chi connectivity index (χ1) is 12.2. The Kier molecular flexibility index (Phi) is 8.20. The maximum Gasteiger partial charge on any atom is 0.191 e. The van der Waals surface area contributed by atoms with Gasteiger partial charge in [0.15, 0.2) is 5.96 Å². The smallest absolute Gasteiger partial charge is 0.191 e. The zero-order chi connectivity index (χ0) is 17.6. The van der Waals surface area contributed by atoms with Crippen LogP contribution in [0.4, 0.5) is 5.69 Å². The molecule has 3 rings (SSSR count). The number of aliphatic imine (C=N–C) groups is 1. The van der Waals surface area contributed by atoms with Gasteiger partial charge in [-0.3, -0.25) is 9.67 Å². The van der Waals surface area contributed by atoms with Crippen LogP contribution in [0.1, 0.15) is 12.1 Å². The fraction of sp³-hybridized carbons (Fsp3) is 0.444. The van der Waals surface area contributed by atoms with Crippen LogP contribution in [0.25, 0.3) is 0 Å². The summed E-state index contributed by atoms with van der Waals surface area (Å²) >= 11 is 3.49. The number of aryl methyl sites for hydroxylation is 1. The standard InChI is InChI=1S/C18H25BrN6.HI/c1-20-18(22-12-17-7-9-23-24(17)2)21-11-14-8-10-25(13-14)16-5-3-15(19)4-6-16;/h3-7,9,14H,8,10-13H2,1-2H3,(H2,20,21,22);1H. The minimum atomic E-state index is 0. The van der Waals surface area contributed by atoms with E-state index in [0.717, 1.165) is 35.8 Å². The first-order valence-corrected chi connectivity index (χ1v) is 9.37. The second kappa shape index (κ2) is 10.1. The minimum absolute atomic E-state index is 0. The predicted molar refractivity (Wildman–Crippen MR) is 121 cm³/mol. The van der Waals surface area contributed by atoms with Gasteiger partial charge >= 0.3 is 0 Å². The molecule has 2 aromatic rings. The molecule has 2 N–H and O–H groups in total. The van der Waals surface area contributed by atoms with Gasteiger partial charge in [0.1, 0.15) is 0 Å². The monoisotopic (exact) mass is 532 g/mol. The van der Waals surface area contributed by atoms with E-state index < -0.39 is 0 Å². The number of rotatable bonds is 5. The molecule has 1 aromatic heterocycles. The number of aromatic nitrogens is 2. The molecular formula is C18H26BrIN6. The molecule has 6 nitrogen and oxygen atoms in total. The first kappa shape index (κ1) is 21.0. The molecule has 1 saturated heterocycles. The van der Waals surface area contributed by atoms with E-state index in [9.17, 15) is 0 Å². The minimum Gasteiger partial charge on any atom is -0.371 e. The highest BCUT2D eigenvalue weighted by molar-refractivity contribution is 14.0. The third-order valence-electron chi connectivity index (χ3n) is 4.62. The number of nitrogens with zero attached hydrogens (tertiary/aromatic N) is 4. The Morgan fingerprint density at radius 1 is 1.27 bits per heavy atom. The van der Waals surface area contributed by atoms with Gasteiger partial charge in [-0.25, -0.2) is 0 Å². The van der Waals surface area contributed by atoms with Crippen molar-refractivity contribution in [1.82, 2.24) is 20.4 Å². The normalized spacial score (nSPS) is 17.1. The average molecular weight is 533 g/mol. The van der Waals surface area contributed by atoms with Gasteiger partial charge < -0.3 is 15.5 Å². The van der Waals surface area contributed by atoms with Crippen molar-refractivity contribution >= 4 is 51.6 Å². The van der Waals surface area contributed by atoms with Crippen molar-refractivity contribution < 1.29 is 0 Å². The summed E-state index contributed by atoms with van der Waals surface area (Å²) in [7, 11) is 3.75. The van der Waals surface area contributed by atoms with Crippen LogP contribution >= 0.6 is 39.9 Å².